The number of methoxy groups -OCH3 is 2. The molecule has 0 unspecified atom stereocenters. The Balaban J connectivity index is 1.87. The number of thiocarbonyl (C=S) groups is 1. The van der Waals surface area contributed by atoms with Gasteiger partial charge in [-0.3, -0.25) is 0 Å². The molecule has 0 bridgehead atoms. The van der Waals surface area contributed by atoms with Gasteiger partial charge in [0.1, 0.15) is 0 Å². The maximum atomic E-state index is 6.03. The van der Waals surface area contributed by atoms with Gasteiger partial charge in [0.15, 0.2) is 11.5 Å². The van der Waals surface area contributed by atoms with Crippen molar-refractivity contribution in [2.75, 3.05) is 19.5 Å². The summed E-state index contributed by atoms with van der Waals surface area (Å²) in [5.41, 5.74) is 5.96. The molecule has 140 valence electrons. The van der Waals surface area contributed by atoms with E-state index in [0.29, 0.717) is 16.5 Å². The molecular formula is C23H18ClNO2S. The van der Waals surface area contributed by atoms with Crippen molar-refractivity contribution >= 4 is 45.6 Å². The van der Waals surface area contributed by atoms with Gasteiger partial charge in [-0.2, -0.15) is 0 Å². The zero-order valence-corrected chi connectivity index (χ0v) is 17.0. The lowest BCUT2D eigenvalue weighted by Crippen LogP contribution is -2.01. The van der Waals surface area contributed by atoms with E-state index in [1.807, 2.05) is 54.6 Å². The summed E-state index contributed by atoms with van der Waals surface area (Å²) in [5.74, 6) is 1.34. The van der Waals surface area contributed by atoms with E-state index in [4.69, 9.17) is 33.3 Å². The van der Waals surface area contributed by atoms with Gasteiger partial charge in [-0.05, 0) is 42.0 Å². The zero-order valence-electron chi connectivity index (χ0n) is 15.5. The molecule has 1 aliphatic carbocycles. The molecule has 3 aromatic rings. The minimum absolute atomic E-state index is 0.664. The number of benzene rings is 3. The Hall–Kier alpha value is -2.82. The molecule has 0 amide bonds. The summed E-state index contributed by atoms with van der Waals surface area (Å²) in [7, 11) is 3.25. The minimum Gasteiger partial charge on any atom is -0.493 e. The number of hydrogen-bond acceptors (Lipinski definition) is 4. The monoisotopic (exact) mass is 407 g/mol. The Morgan fingerprint density at radius 2 is 1.50 bits per heavy atom. The third-order valence-electron chi connectivity index (χ3n) is 4.70. The summed E-state index contributed by atoms with van der Waals surface area (Å²) in [6, 6.07) is 21.6. The van der Waals surface area contributed by atoms with Crippen LogP contribution in [-0.4, -0.2) is 19.1 Å². The van der Waals surface area contributed by atoms with Crippen molar-refractivity contribution in [1.82, 2.24) is 0 Å². The standard InChI is InChI=1S/C23H18ClNO2S/c1-26-19-12-7-14(13-20(19)27-2)21-22(25-16-10-8-15(24)9-11-16)17-5-3-4-6-18(17)23(21)28/h3-13,25H,1-2H3. The van der Waals surface area contributed by atoms with Crippen LogP contribution in [0.1, 0.15) is 16.7 Å². The third kappa shape index (κ3) is 3.26. The topological polar surface area (TPSA) is 30.5 Å². The first kappa shape index (κ1) is 18.5. The van der Waals surface area contributed by atoms with Crippen LogP contribution in [0, 0.1) is 0 Å². The largest absolute Gasteiger partial charge is 0.493 e. The van der Waals surface area contributed by atoms with Gasteiger partial charge >= 0.3 is 0 Å². The molecule has 5 heteroatoms. The highest BCUT2D eigenvalue weighted by atomic mass is 35.5. The first-order valence-corrected chi connectivity index (χ1v) is 9.54. The lowest BCUT2D eigenvalue weighted by Gasteiger charge is -2.14. The normalized spacial score (nSPS) is 12.8. The summed E-state index contributed by atoms with van der Waals surface area (Å²) in [4.78, 5) is 0.805. The van der Waals surface area contributed by atoms with Crippen molar-refractivity contribution in [2.45, 2.75) is 0 Å². The van der Waals surface area contributed by atoms with Crippen LogP contribution < -0.4 is 14.8 Å². The van der Waals surface area contributed by atoms with Gasteiger partial charge in [-0.25, -0.2) is 0 Å². The summed E-state index contributed by atoms with van der Waals surface area (Å²) in [6.45, 7) is 0. The molecule has 0 aromatic heterocycles. The van der Waals surface area contributed by atoms with E-state index in [1.54, 1.807) is 14.2 Å². The molecule has 3 aromatic carbocycles. The summed E-state index contributed by atoms with van der Waals surface area (Å²) in [5, 5.41) is 4.23. The van der Waals surface area contributed by atoms with E-state index in [2.05, 4.69) is 17.4 Å². The highest BCUT2D eigenvalue weighted by molar-refractivity contribution is 7.82. The number of nitrogens with one attached hydrogen (secondary N) is 1. The average Bonchev–Trinajstić information content (AvgIpc) is 3.01. The Bertz CT molecular complexity index is 1090. The molecule has 0 spiro atoms. The quantitative estimate of drug-likeness (QED) is 0.520. The lowest BCUT2D eigenvalue weighted by molar-refractivity contribution is 0.355. The van der Waals surface area contributed by atoms with Crippen LogP contribution in [0.25, 0.3) is 11.3 Å². The minimum atomic E-state index is 0.664. The molecule has 1 N–H and O–H groups in total. The van der Waals surface area contributed by atoms with E-state index < -0.39 is 0 Å². The molecule has 0 atom stereocenters. The fourth-order valence-electron chi connectivity index (χ4n) is 3.36. The fourth-order valence-corrected chi connectivity index (χ4v) is 3.88. The fraction of sp³-hybridized carbons (Fsp3) is 0.0870. The van der Waals surface area contributed by atoms with Crippen molar-refractivity contribution in [2.24, 2.45) is 0 Å². The molecular weight excluding hydrogens is 390 g/mol. The van der Waals surface area contributed by atoms with Crippen LogP contribution in [0.2, 0.25) is 5.02 Å². The lowest BCUT2D eigenvalue weighted by atomic mass is 10.0. The van der Waals surface area contributed by atoms with Crippen LogP contribution in [0.4, 0.5) is 5.69 Å². The molecule has 0 saturated carbocycles. The number of hydrogen-bond donors (Lipinski definition) is 1. The van der Waals surface area contributed by atoms with Crippen molar-refractivity contribution in [3.05, 3.63) is 88.4 Å². The van der Waals surface area contributed by atoms with Gasteiger partial charge in [0.25, 0.3) is 0 Å². The Kier molecular flexibility index (Phi) is 5.07. The van der Waals surface area contributed by atoms with Crippen molar-refractivity contribution < 1.29 is 9.47 Å². The summed E-state index contributed by atoms with van der Waals surface area (Å²) >= 11 is 11.9. The van der Waals surface area contributed by atoms with E-state index in [9.17, 15) is 0 Å². The first-order chi connectivity index (χ1) is 13.6. The summed E-state index contributed by atoms with van der Waals surface area (Å²) in [6.07, 6.45) is 0. The number of rotatable bonds is 5. The predicted octanol–water partition coefficient (Wildman–Crippen LogP) is 6.07. The second-order valence-corrected chi connectivity index (χ2v) is 7.17. The zero-order chi connectivity index (χ0) is 19.7. The number of anilines is 1. The number of ether oxygens (including phenoxy) is 2. The van der Waals surface area contributed by atoms with Gasteiger partial charge < -0.3 is 14.8 Å². The molecule has 0 saturated heterocycles. The molecule has 28 heavy (non-hydrogen) atoms. The molecule has 0 heterocycles. The molecule has 0 aliphatic heterocycles. The van der Waals surface area contributed by atoms with Crippen LogP contribution in [0.15, 0.2) is 66.7 Å². The molecule has 1 aliphatic rings. The second-order valence-electron chi connectivity index (χ2n) is 6.33. The molecule has 3 nitrogen and oxygen atoms in total. The van der Waals surface area contributed by atoms with Gasteiger partial charge in [-0.15, -0.1) is 0 Å². The SMILES string of the molecule is COc1ccc(C2=C(Nc3ccc(Cl)cc3)c3ccccc3C2=S)cc1OC. The smallest absolute Gasteiger partial charge is 0.161 e. The number of halogens is 1. The van der Waals surface area contributed by atoms with Crippen LogP contribution in [-0.2, 0) is 0 Å². The Morgan fingerprint density at radius 3 is 2.18 bits per heavy atom. The first-order valence-electron chi connectivity index (χ1n) is 8.75. The molecule has 0 radical (unpaired) electrons. The van der Waals surface area contributed by atoms with E-state index >= 15 is 0 Å². The van der Waals surface area contributed by atoms with Crippen molar-refractivity contribution in [3.8, 4) is 11.5 Å². The highest BCUT2D eigenvalue weighted by Crippen LogP contribution is 2.41. The molecule has 0 fully saturated rings. The predicted molar refractivity (Wildman–Crippen MR) is 120 cm³/mol. The van der Waals surface area contributed by atoms with E-state index in [0.717, 1.165) is 38.5 Å². The van der Waals surface area contributed by atoms with E-state index in [1.165, 1.54) is 0 Å². The maximum absolute atomic E-state index is 6.03. The molecule has 4 rings (SSSR count). The van der Waals surface area contributed by atoms with Gasteiger partial charge in [0, 0.05) is 27.4 Å². The highest BCUT2D eigenvalue weighted by Gasteiger charge is 2.28. The second kappa shape index (κ2) is 7.66. The van der Waals surface area contributed by atoms with Gasteiger partial charge in [-0.1, -0.05) is 54.2 Å². The average molecular weight is 408 g/mol. The third-order valence-corrected chi connectivity index (χ3v) is 5.38. The van der Waals surface area contributed by atoms with Crippen LogP contribution in [0.5, 0.6) is 11.5 Å². The Labute approximate surface area is 174 Å². The Morgan fingerprint density at radius 1 is 0.821 bits per heavy atom. The van der Waals surface area contributed by atoms with Crippen LogP contribution >= 0.6 is 23.8 Å². The van der Waals surface area contributed by atoms with Gasteiger partial charge in [0.2, 0.25) is 0 Å². The van der Waals surface area contributed by atoms with Gasteiger partial charge in [0.05, 0.1) is 24.8 Å². The number of allylic oxidation sites excluding steroid dienone is 1. The van der Waals surface area contributed by atoms with Crippen molar-refractivity contribution in [1.29, 1.82) is 0 Å². The van der Waals surface area contributed by atoms with E-state index in [-0.39, 0.29) is 0 Å². The van der Waals surface area contributed by atoms with Crippen LogP contribution in [0.3, 0.4) is 0 Å². The summed E-state index contributed by atoms with van der Waals surface area (Å²) < 4.78 is 10.9. The van der Waals surface area contributed by atoms with Crippen molar-refractivity contribution in [3.63, 3.8) is 0 Å². The number of fused-ring (bicyclic) bond motifs is 1. The maximum Gasteiger partial charge on any atom is 0.161 e.